The summed E-state index contributed by atoms with van der Waals surface area (Å²) in [6.45, 7) is 6.66. The Morgan fingerprint density at radius 2 is 2.05 bits per heavy atom. The molecule has 4 heteroatoms. The molecule has 1 aromatic heterocycles. The van der Waals surface area contributed by atoms with Gasteiger partial charge in [-0.25, -0.2) is 0 Å². The summed E-state index contributed by atoms with van der Waals surface area (Å²) in [6, 6.07) is 4.13. The standard InChI is InChI=1S/C18H24N2O2/c1-11-6-15-13(9-22-16(15)7-12(11)2)8-17(21)20-18(3,10-19)14-4-5-14/h6-7,9,14H,4-5,8,10,19H2,1-3H3,(H,20,21). The lowest BCUT2D eigenvalue weighted by Gasteiger charge is -2.29. The van der Waals surface area contributed by atoms with Crippen molar-refractivity contribution in [1.29, 1.82) is 0 Å². The minimum absolute atomic E-state index is 0.0146. The Labute approximate surface area is 131 Å². The predicted molar refractivity (Wildman–Crippen MR) is 87.7 cm³/mol. The first kappa shape index (κ1) is 15.1. The van der Waals surface area contributed by atoms with Crippen LogP contribution in [-0.2, 0) is 11.2 Å². The minimum Gasteiger partial charge on any atom is -0.464 e. The highest BCUT2D eigenvalue weighted by molar-refractivity contribution is 5.88. The molecule has 3 rings (SSSR count). The number of hydrogen-bond donors (Lipinski definition) is 2. The number of furan rings is 1. The predicted octanol–water partition coefficient (Wildman–Crippen LogP) is 2.84. The highest BCUT2D eigenvalue weighted by Crippen LogP contribution is 2.39. The van der Waals surface area contributed by atoms with E-state index in [0.717, 1.165) is 29.4 Å². The van der Waals surface area contributed by atoms with Crippen LogP contribution in [0.25, 0.3) is 11.0 Å². The van der Waals surface area contributed by atoms with E-state index in [0.29, 0.717) is 18.9 Å². The van der Waals surface area contributed by atoms with E-state index in [1.807, 2.05) is 13.0 Å². The van der Waals surface area contributed by atoms with Crippen LogP contribution in [0.1, 0.15) is 36.5 Å². The second-order valence-corrected chi connectivity index (χ2v) is 6.81. The first-order chi connectivity index (χ1) is 10.4. The number of nitrogens with two attached hydrogens (primary N) is 1. The van der Waals surface area contributed by atoms with Gasteiger partial charge < -0.3 is 15.5 Å². The Morgan fingerprint density at radius 3 is 2.68 bits per heavy atom. The summed E-state index contributed by atoms with van der Waals surface area (Å²) >= 11 is 0. The number of carbonyl (C=O) groups excluding carboxylic acids is 1. The lowest BCUT2D eigenvalue weighted by atomic mass is 9.95. The van der Waals surface area contributed by atoms with Crippen molar-refractivity contribution in [3.8, 4) is 0 Å². The van der Waals surface area contributed by atoms with E-state index in [4.69, 9.17) is 10.2 Å². The Hall–Kier alpha value is -1.81. The van der Waals surface area contributed by atoms with Crippen LogP contribution in [0.2, 0.25) is 0 Å². The maximum Gasteiger partial charge on any atom is 0.225 e. The summed E-state index contributed by atoms with van der Waals surface area (Å²) in [5.74, 6) is 0.535. The van der Waals surface area contributed by atoms with Crippen molar-refractivity contribution >= 4 is 16.9 Å². The molecule has 1 fully saturated rings. The van der Waals surface area contributed by atoms with Crippen LogP contribution >= 0.6 is 0 Å². The maximum absolute atomic E-state index is 12.4. The minimum atomic E-state index is -0.275. The topological polar surface area (TPSA) is 68.3 Å². The van der Waals surface area contributed by atoms with Gasteiger partial charge in [-0.15, -0.1) is 0 Å². The van der Waals surface area contributed by atoms with Crippen LogP contribution < -0.4 is 11.1 Å². The van der Waals surface area contributed by atoms with Crippen LogP contribution in [0.4, 0.5) is 0 Å². The van der Waals surface area contributed by atoms with E-state index in [9.17, 15) is 4.79 Å². The van der Waals surface area contributed by atoms with E-state index in [-0.39, 0.29) is 11.4 Å². The number of amides is 1. The summed E-state index contributed by atoms with van der Waals surface area (Å²) in [6.07, 6.45) is 4.33. The zero-order valence-electron chi connectivity index (χ0n) is 13.5. The van der Waals surface area contributed by atoms with Gasteiger partial charge in [-0.2, -0.15) is 0 Å². The molecule has 1 heterocycles. The summed E-state index contributed by atoms with van der Waals surface area (Å²) in [5.41, 5.74) is 9.77. The Balaban J connectivity index is 1.78. The third-order valence-electron chi connectivity index (χ3n) is 4.95. The molecule has 1 saturated carbocycles. The van der Waals surface area contributed by atoms with E-state index < -0.39 is 0 Å². The second kappa shape index (κ2) is 5.43. The molecular formula is C18H24N2O2. The third-order valence-corrected chi connectivity index (χ3v) is 4.95. The molecule has 0 spiro atoms. The molecule has 22 heavy (non-hydrogen) atoms. The molecule has 1 aromatic carbocycles. The summed E-state index contributed by atoms with van der Waals surface area (Å²) in [5, 5.41) is 4.16. The van der Waals surface area contributed by atoms with Crippen molar-refractivity contribution in [3.63, 3.8) is 0 Å². The lowest BCUT2D eigenvalue weighted by Crippen LogP contribution is -2.53. The van der Waals surface area contributed by atoms with Gasteiger partial charge in [0.2, 0.25) is 5.91 Å². The van der Waals surface area contributed by atoms with Crippen LogP contribution in [-0.4, -0.2) is 18.0 Å². The monoisotopic (exact) mass is 300 g/mol. The van der Waals surface area contributed by atoms with Gasteiger partial charge in [-0.3, -0.25) is 4.79 Å². The van der Waals surface area contributed by atoms with Gasteiger partial charge in [-0.05, 0) is 62.8 Å². The molecule has 3 N–H and O–H groups in total. The lowest BCUT2D eigenvalue weighted by molar-refractivity contribution is -0.122. The van der Waals surface area contributed by atoms with Gasteiger partial charge in [0.25, 0.3) is 0 Å². The molecule has 1 aliphatic carbocycles. The molecule has 0 bridgehead atoms. The molecule has 4 nitrogen and oxygen atoms in total. The summed E-state index contributed by atoms with van der Waals surface area (Å²) in [7, 11) is 0. The van der Waals surface area contributed by atoms with Gasteiger partial charge in [-0.1, -0.05) is 0 Å². The molecule has 1 amide bonds. The number of hydrogen-bond acceptors (Lipinski definition) is 3. The van der Waals surface area contributed by atoms with E-state index in [1.54, 1.807) is 6.26 Å². The van der Waals surface area contributed by atoms with E-state index >= 15 is 0 Å². The number of fused-ring (bicyclic) bond motifs is 1. The van der Waals surface area contributed by atoms with Crippen LogP contribution in [0.15, 0.2) is 22.8 Å². The van der Waals surface area contributed by atoms with Crippen molar-refractivity contribution in [2.24, 2.45) is 11.7 Å². The highest BCUT2D eigenvalue weighted by Gasteiger charge is 2.41. The fraction of sp³-hybridized carbons (Fsp3) is 0.500. The molecule has 1 aliphatic rings. The Morgan fingerprint density at radius 1 is 1.36 bits per heavy atom. The molecule has 2 aromatic rings. The normalized spacial score (nSPS) is 17.5. The van der Waals surface area contributed by atoms with Gasteiger partial charge in [0.15, 0.2) is 0 Å². The van der Waals surface area contributed by atoms with Crippen LogP contribution in [0, 0.1) is 19.8 Å². The quantitative estimate of drug-likeness (QED) is 0.892. The van der Waals surface area contributed by atoms with Gasteiger partial charge in [0.05, 0.1) is 18.2 Å². The number of rotatable bonds is 5. The van der Waals surface area contributed by atoms with Crippen molar-refractivity contribution in [2.75, 3.05) is 6.54 Å². The average Bonchev–Trinajstić information content (AvgIpc) is 3.26. The molecule has 1 unspecified atom stereocenters. The van der Waals surface area contributed by atoms with Crippen molar-refractivity contribution in [1.82, 2.24) is 5.32 Å². The third kappa shape index (κ3) is 2.75. The first-order valence-electron chi connectivity index (χ1n) is 7.91. The van der Waals surface area contributed by atoms with Crippen molar-refractivity contribution in [2.45, 2.75) is 45.6 Å². The molecular weight excluding hydrogens is 276 g/mol. The smallest absolute Gasteiger partial charge is 0.225 e. The maximum atomic E-state index is 12.4. The fourth-order valence-electron chi connectivity index (χ4n) is 3.05. The van der Waals surface area contributed by atoms with Crippen LogP contribution in [0.5, 0.6) is 0 Å². The van der Waals surface area contributed by atoms with Crippen molar-refractivity contribution in [3.05, 3.63) is 35.1 Å². The van der Waals surface area contributed by atoms with Gasteiger partial charge in [0, 0.05) is 17.5 Å². The number of carbonyl (C=O) groups is 1. The number of aryl methyl sites for hydroxylation is 2. The van der Waals surface area contributed by atoms with E-state index in [1.165, 1.54) is 11.1 Å². The molecule has 0 aliphatic heterocycles. The van der Waals surface area contributed by atoms with Gasteiger partial charge >= 0.3 is 0 Å². The Kier molecular flexibility index (Phi) is 3.73. The molecule has 118 valence electrons. The number of benzene rings is 1. The summed E-state index contributed by atoms with van der Waals surface area (Å²) < 4.78 is 5.60. The largest absolute Gasteiger partial charge is 0.464 e. The molecule has 0 radical (unpaired) electrons. The van der Waals surface area contributed by atoms with Crippen LogP contribution in [0.3, 0.4) is 0 Å². The SMILES string of the molecule is Cc1cc2occ(CC(=O)NC(C)(CN)C3CC3)c2cc1C. The Bertz CT molecular complexity index is 715. The molecule has 0 saturated heterocycles. The second-order valence-electron chi connectivity index (χ2n) is 6.81. The first-order valence-corrected chi connectivity index (χ1v) is 7.91. The number of nitrogens with one attached hydrogen (secondary N) is 1. The van der Waals surface area contributed by atoms with Gasteiger partial charge in [0.1, 0.15) is 5.58 Å². The zero-order valence-corrected chi connectivity index (χ0v) is 13.5. The molecule has 1 atom stereocenters. The van der Waals surface area contributed by atoms with Crippen molar-refractivity contribution < 1.29 is 9.21 Å². The average molecular weight is 300 g/mol. The fourth-order valence-corrected chi connectivity index (χ4v) is 3.05. The summed E-state index contributed by atoms with van der Waals surface area (Å²) in [4.78, 5) is 12.4. The zero-order chi connectivity index (χ0) is 15.9. The van der Waals surface area contributed by atoms with E-state index in [2.05, 4.69) is 25.2 Å². The highest BCUT2D eigenvalue weighted by atomic mass is 16.3.